The summed E-state index contributed by atoms with van der Waals surface area (Å²) in [5.41, 5.74) is 4.84. The maximum Gasteiger partial charge on any atom is 0.200 e. The van der Waals surface area contributed by atoms with Crippen molar-refractivity contribution in [2.45, 2.75) is 65.8 Å². The van der Waals surface area contributed by atoms with E-state index in [1.165, 1.54) is 29.7 Å². The fraction of sp³-hybridized carbons (Fsp3) is 0.513. The third-order valence-corrected chi connectivity index (χ3v) is 8.51. The summed E-state index contributed by atoms with van der Waals surface area (Å²) in [7, 11) is 4.42. The van der Waals surface area contributed by atoms with Gasteiger partial charge in [-0.15, -0.1) is 0 Å². The van der Waals surface area contributed by atoms with Crippen LogP contribution in [0.2, 0.25) is 0 Å². The number of ether oxygens (including phenoxy) is 3. The van der Waals surface area contributed by atoms with Crippen LogP contribution in [0.3, 0.4) is 0 Å². The molecule has 0 aliphatic carbocycles. The molecule has 4 rings (SSSR count). The Morgan fingerprint density at radius 3 is 1.96 bits per heavy atom. The van der Waals surface area contributed by atoms with Crippen molar-refractivity contribution >= 4 is 11.5 Å². The molecular formula is C39H55BrN2O4. The van der Waals surface area contributed by atoms with Crippen molar-refractivity contribution in [1.29, 1.82) is 0 Å². The lowest BCUT2D eigenvalue weighted by Gasteiger charge is -2.33. The van der Waals surface area contributed by atoms with Gasteiger partial charge in [-0.05, 0) is 96.3 Å². The largest absolute Gasteiger partial charge is 1.00 e. The van der Waals surface area contributed by atoms with Gasteiger partial charge in [-0.3, -0.25) is 4.79 Å². The molecule has 3 aromatic rings. The first-order valence-electron chi connectivity index (χ1n) is 16.5. The molecule has 46 heavy (non-hydrogen) atoms. The number of nitrogens with zero attached hydrogens (tertiary/aromatic N) is 2. The molecule has 0 aromatic heterocycles. The van der Waals surface area contributed by atoms with Crippen molar-refractivity contribution in [3.05, 3.63) is 89.5 Å². The molecule has 3 aromatic carbocycles. The van der Waals surface area contributed by atoms with Crippen LogP contribution in [0.1, 0.15) is 75.4 Å². The number of ketones is 1. The van der Waals surface area contributed by atoms with Gasteiger partial charge in [-0.1, -0.05) is 46.8 Å². The lowest BCUT2D eigenvalue weighted by molar-refractivity contribution is -0.904. The van der Waals surface area contributed by atoms with Gasteiger partial charge in [0.25, 0.3) is 0 Å². The van der Waals surface area contributed by atoms with Crippen LogP contribution >= 0.6 is 0 Å². The molecule has 252 valence electrons. The van der Waals surface area contributed by atoms with Crippen molar-refractivity contribution in [3.63, 3.8) is 0 Å². The third kappa shape index (κ3) is 12.1. The molecule has 0 spiro atoms. The first-order chi connectivity index (χ1) is 21.3. The Morgan fingerprint density at radius 1 is 0.761 bits per heavy atom. The highest BCUT2D eigenvalue weighted by Crippen LogP contribution is 2.36. The molecule has 0 N–H and O–H groups in total. The summed E-state index contributed by atoms with van der Waals surface area (Å²) in [6, 6.07) is 24.5. The Bertz CT molecular complexity index is 1340. The maximum absolute atomic E-state index is 12.7. The zero-order valence-electron chi connectivity index (χ0n) is 29.1. The first kappa shape index (κ1) is 37.6. The predicted octanol–water partition coefficient (Wildman–Crippen LogP) is 4.94. The number of halogens is 1. The number of carbonyl (C=O) groups excluding carboxylic acids is 1. The number of quaternary nitrogens is 1. The summed E-state index contributed by atoms with van der Waals surface area (Å²) < 4.78 is 18.5. The third-order valence-electron chi connectivity index (χ3n) is 8.51. The van der Waals surface area contributed by atoms with Crippen LogP contribution in [0.5, 0.6) is 11.5 Å². The normalized spacial score (nSPS) is 13.8. The summed E-state index contributed by atoms with van der Waals surface area (Å²) in [6.07, 6.45) is 3.60. The van der Waals surface area contributed by atoms with Crippen LogP contribution in [-0.2, 0) is 16.7 Å². The van der Waals surface area contributed by atoms with Crippen molar-refractivity contribution in [2.75, 3.05) is 65.1 Å². The summed E-state index contributed by atoms with van der Waals surface area (Å²) >= 11 is 0. The number of benzene rings is 3. The van der Waals surface area contributed by atoms with Crippen LogP contribution in [0.25, 0.3) is 0 Å². The Kier molecular flexibility index (Phi) is 13.7. The number of hydrogen-bond donors (Lipinski definition) is 0. The number of anilines is 1. The summed E-state index contributed by atoms with van der Waals surface area (Å²) in [4.78, 5) is 15.0. The number of carbonyl (C=O) groups is 1. The monoisotopic (exact) mass is 694 g/mol. The van der Waals surface area contributed by atoms with Gasteiger partial charge in [0.1, 0.15) is 31.2 Å². The van der Waals surface area contributed by atoms with Gasteiger partial charge in [0.05, 0.1) is 27.3 Å². The molecule has 0 radical (unpaired) electrons. The Morgan fingerprint density at radius 2 is 1.35 bits per heavy atom. The smallest absolute Gasteiger partial charge is 0.200 e. The molecule has 0 amide bonds. The fourth-order valence-electron chi connectivity index (χ4n) is 6.39. The fourth-order valence-corrected chi connectivity index (χ4v) is 6.39. The van der Waals surface area contributed by atoms with Crippen LogP contribution in [0, 0.1) is 5.41 Å². The summed E-state index contributed by atoms with van der Waals surface area (Å²) in [5, 5.41) is 0. The second-order valence-corrected chi connectivity index (χ2v) is 15.0. The maximum atomic E-state index is 12.7. The van der Waals surface area contributed by atoms with E-state index in [-0.39, 0.29) is 40.2 Å². The molecule has 1 saturated heterocycles. The lowest BCUT2D eigenvalue weighted by atomic mass is 9.72. The second kappa shape index (κ2) is 16.8. The molecule has 1 aliphatic heterocycles. The van der Waals surface area contributed by atoms with Crippen LogP contribution in [-0.4, -0.2) is 70.4 Å². The van der Waals surface area contributed by atoms with Crippen molar-refractivity contribution in [2.24, 2.45) is 5.41 Å². The van der Waals surface area contributed by atoms with E-state index in [9.17, 15) is 4.79 Å². The molecule has 1 fully saturated rings. The lowest BCUT2D eigenvalue weighted by Crippen LogP contribution is -3.00. The standard InChI is InChI=1S/C39H55N2O4.BrH/c1-38(2,3)30-39(4,5)33-14-20-35(21-15-33)44-27-26-43-25-24-41(6,7)28-31-10-18-36(19-11-31)45-29-37(42)32-12-16-34(17-13-32)40-22-8-9-23-40;/h10-21H,8-9,22-30H2,1-7H3;1H/q+1;/p-1. The highest BCUT2D eigenvalue weighted by molar-refractivity contribution is 5.97. The van der Waals surface area contributed by atoms with Crippen LogP contribution in [0.4, 0.5) is 5.69 Å². The number of Topliss-reactive ketones (excluding diaryl/α,β-unsaturated/α-hetero) is 1. The highest BCUT2D eigenvalue weighted by atomic mass is 79.9. The van der Waals surface area contributed by atoms with Gasteiger partial charge in [0.2, 0.25) is 0 Å². The van der Waals surface area contributed by atoms with Gasteiger partial charge < -0.3 is 40.6 Å². The van der Waals surface area contributed by atoms with Crippen molar-refractivity contribution in [1.82, 2.24) is 0 Å². The molecule has 0 bridgehead atoms. The minimum Gasteiger partial charge on any atom is -1.00 e. The Hall–Kier alpha value is -2.87. The van der Waals surface area contributed by atoms with Crippen molar-refractivity contribution < 1.29 is 40.5 Å². The van der Waals surface area contributed by atoms with Crippen LogP contribution in [0.15, 0.2) is 72.8 Å². The van der Waals surface area contributed by atoms with Gasteiger partial charge >= 0.3 is 0 Å². The van der Waals surface area contributed by atoms with Crippen molar-refractivity contribution in [3.8, 4) is 11.5 Å². The minimum absolute atomic E-state index is 0. The van der Waals surface area contributed by atoms with E-state index < -0.39 is 0 Å². The Balaban J connectivity index is 0.00000576. The average molecular weight is 696 g/mol. The Labute approximate surface area is 288 Å². The van der Waals surface area contributed by atoms with Gasteiger partial charge in [0, 0.05) is 29.9 Å². The van der Waals surface area contributed by atoms with E-state index in [2.05, 4.69) is 90.0 Å². The molecular weight excluding hydrogens is 640 g/mol. The summed E-state index contributed by atoms with van der Waals surface area (Å²) in [5.74, 6) is 1.58. The van der Waals surface area contributed by atoms with E-state index in [0.717, 1.165) is 42.8 Å². The zero-order chi connectivity index (χ0) is 32.5. The molecule has 1 aliphatic rings. The molecule has 0 atom stereocenters. The van der Waals surface area contributed by atoms with E-state index in [4.69, 9.17) is 14.2 Å². The molecule has 1 heterocycles. The SMILES string of the molecule is CC(C)(C)CC(C)(C)c1ccc(OCCOCC[N+](C)(C)Cc2ccc(OCC(=O)c3ccc(N4CCCC4)cc3)cc2)cc1.[Br-]. The van der Waals surface area contributed by atoms with Crippen LogP contribution < -0.4 is 31.4 Å². The predicted molar refractivity (Wildman–Crippen MR) is 185 cm³/mol. The quantitative estimate of drug-likeness (QED) is 0.121. The first-order valence-corrected chi connectivity index (χ1v) is 16.5. The summed E-state index contributed by atoms with van der Waals surface area (Å²) in [6.45, 7) is 17.3. The van der Waals surface area contributed by atoms with E-state index in [0.29, 0.717) is 31.1 Å². The van der Waals surface area contributed by atoms with E-state index in [1.807, 2.05) is 36.4 Å². The molecule has 6 nitrogen and oxygen atoms in total. The molecule has 0 unspecified atom stereocenters. The molecule has 7 heteroatoms. The zero-order valence-corrected chi connectivity index (χ0v) is 30.7. The van der Waals surface area contributed by atoms with Gasteiger partial charge in [-0.25, -0.2) is 0 Å². The second-order valence-electron chi connectivity index (χ2n) is 15.0. The number of hydrogen-bond acceptors (Lipinski definition) is 5. The average Bonchev–Trinajstić information content (AvgIpc) is 3.53. The topological polar surface area (TPSA) is 48.0 Å². The number of likely N-dealkylation sites (N-methyl/N-ethyl adjacent to an activating group) is 1. The number of rotatable bonds is 16. The van der Waals surface area contributed by atoms with E-state index >= 15 is 0 Å². The minimum atomic E-state index is -0.0104. The highest BCUT2D eigenvalue weighted by Gasteiger charge is 2.27. The molecule has 0 saturated carbocycles. The van der Waals surface area contributed by atoms with Gasteiger partial charge in [-0.2, -0.15) is 0 Å². The van der Waals surface area contributed by atoms with Gasteiger partial charge in [0.15, 0.2) is 12.4 Å². The van der Waals surface area contributed by atoms with E-state index in [1.54, 1.807) is 0 Å².